The summed E-state index contributed by atoms with van der Waals surface area (Å²) in [7, 11) is 0. The van der Waals surface area contributed by atoms with Crippen molar-refractivity contribution in [3.63, 3.8) is 0 Å². The lowest BCUT2D eigenvalue weighted by Gasteiger charge is -2.21. The summed E-state index contributed by atoms with van der Waals surface area (Å²) in [5, 5.41) is 31.5. The van der Waals surface area contributed by atoms with Crippen molar-refractivity contribution in [2.75, 3.05) is 10.2 Å². The Kier molecular flexibility index (Phi) is 5.01. The van der Waals surface area contributed by atoms with E-state index < -0.39 is 0 Å². The number of nitriles is 3. The van der Waals surface area contributed by atoms with Gasteiger partial charge in [0.15, 0.2) is 16.5 Å². The Labute approximate surface area is 177 Å². The van der Waals surface area contributed by atoms with Gasteiger partial charge in [0.25, 0.3) is 0 Å². The summed E-state index contributed by atoms with van der Waals surface area (Å²) in [5.74, 6) is 0.479. The second-order valence-corrected chi connectivity index (χ2v) is 6.69. The van der Waals surface area contributed by atoms with E-state index in [-0.39, 0.29) is 27.8 Å². The number of fused-ring (bicyclic) bond motifs is 1. The zero-order valence-corrected chi connectivity index (χ0v) is 16.2. The fourth-order valence-corrected chi connectivity index (χ4v) is 3.43. The van der Waals surface area contributed by atoms with Crippen molar-refractivity contribution < 1.29 is 0 Å². The van der Waals surface area contributed by atoms with E-state index in [0.717, 1.165) is 16.9 Å². The highest BCUT2D eigenvalue weighted by molar-refractivity contribution is 6.31. The van der Waals surface area contributed by atoms with Gasteiger partial charge in [0.1, 0.15) is 35.3 Å². The van der Waals surface area contributed by atoms with E-state index in [1.54, 1.807) is 6.07 Å². The average Bonchev–Trinajstić information content (AvgIpc) is 3.14. The molecule has 0 saturated carbocycles. The van der Waals surface area contributed by atoms with Crippen molar-refractivity contribution in [2.45, 2.75) is 6.54 Å². The van der Waals surface area contributed by atoms with Gasteiger partial charge in [-0.2, -0.15) is 15.8 Å². The fourth-order valence-electron chi connectivity index (χ4n) is 3.21. The van der Waals surface area contributed by atoms with Crippen LogP contribution in [0.4, 0.5) is 11.4 Å². The molecule has 0 saturated heterocycles. The zero-order valence-electron chi connectivity index (χ0n) is 15.5. The molecule has 1 aromatic heterocycles. The Morgan fingerprint density at radius 3 is 2.30 bits per heavy atom. The van der Waals surface area contributed by atoms with Crippen molar-refractivity contribution in [1.29, 1.82) is 15.8 Å². The van der Waals surface area contributed by atoms with Gasteiger partial charge in [-0.25, -0.2) is 9.97 Å². The lowest BCUT2D eigenvalue weighted by molar-refractivity contribution is 0.945. The van der Waals surface area contributed by atoms with Crippen LogP contribution in [0.25, 0.3) is 5.57 Å². The van der Waals surface area contributed by atoms with Crippen molar-refractivity contribution in [3.05, 3.63) is 88.2 Å². The molecule has 0 bridgehead atoms. The van der Waals surface area contributed by atoms with E-state index >= 15 is 0 Å². The minimum Gasteiger partial charge on any atom is -0.339 e. The topological polar surface area (TPSA) is 112 Å². The van der Waals surface area contributed by atoms with Gasteiger partial charge in [-0.3, -0.25) is 0 Å². The minimum atomic E-state index is -0.185. The number of hydrogen-bond acceptors (Lipinski definition) is 7. The molecule has 4 rings (SSSR count). The summed E-state index contributed by atoms with van der Waals surface area (Å²) in [6.07, 6.45) is 0. The van der Waals surface area contributed by atoms with Crippen molar-refractivity contribution >= 4 is 28.5 Å². The van der Waals surface area contributed by atoms with Gasteiger partial charge in [0.2, 0.25) is 0 Å². The number of nitrogens with one attached hydrogen (secondary N) is 1. The van der Waals surface area contributed by atoms with Crippen molar-refractivity contribution in [1.82, 2.24) is 9.97 Å². The molecule has 0 spiro atoms. The van der Waals surface area contributed by atoms with Crippen LogP contribution in [0, 0.1) is 34.0 Å². The molecule has 142 valence electrons. The van der Waals surface area contributed by atoms with Gasteiger partial charge in [0.05, 0.1) is 11.4 Å². The maximum atomic E-state index is 9.97. The van der Waals surface area contributed by atoms with Crippen LogP contribution >= 0.6 is 11.6 Å². The van der Waals surface area contributed by atoms with E-state index in [1.165, 1.54) is 0 Å². The van der Waals surface area contributed by atoms with Gasteiger partial charge in [-0.1, -0.05) is 54.1 Å². The molecule has 0 amide bonds. The predicted molar refractivity (Wildman–Crippen MR) is 112 cm³/mol. The molecule has 2 heterocycles. The first-order valence-electron chi connectivity index (χ1n) is 8.86. The number of allylic oxidation sites excluding steroid dienone is 1. The Morgan fingerprint density at radius 2 is 1.60 bits per heavy atom. The van der Waals surface area contributed by atoms with Gasteiger partial charge < -0.3 is 10.2 Å². The molecule has 0 unspecified atom stereocenters. The number of halogens is 1. The largest absolute Gasteiger partial charge is 0.339 e. The van der Waals surface area contributed by atoms with Crippen LogP contribution in [-0.4, -0.2) is 9.97 Å². The standard InChI is InChI=1S/C22H12ClN7/c23-21-20(27-17(11-25)18(12-26)28-21)15(10-24)22-29-16-8-4-5-9-19(16)30(22)13-14-6-2-1-3-7-14/h1-9,29H,13H2/b22-15+. The third kappa shape index (κ3) is 3.29. The van der Waals surface area contributed by atoms with Crippen LogP contribution in [0.15, 0.2) is 60.4 Å². The Morgan fingerprint density at radius 1 is 0.933 bits per heavy atom. The van der Waals surface area contributed by atoms with Crippen molar-refractivity contribution in [3.8, 4) is 18.2 Å². The first-order valence-corrected chi connectivity index (χ1v) is 9.24. The molecule has 1 N–H and O–H groups in total. The van der Waals surface area contributed by atoms with E-state index in [0.29, 0.717) is 12.4 Å². The van der Waals surface area contributed by atoms with Gasteiger partial charge in [-0.05, 0) is 17.7 Å². The molecule has 0 aliphatic carbocycles. The second kappa shape index (κ2) is 7.93. The van der Waals surface area contributed by atoms with E-state index in [4.69, 9.17) is 16.9 Å². The number of benzene rings is 2. The molecule has 8 heteroatoms. The number of hydrogen-bond donors (Lipinski definition) is 1. The van der Waals surface area contributed by atoms with Crippen LogP contribution in [0.3, 0.4) is 0 Å². The molecular formula is C22H12ClN7. The van der Waals surface area contributed by atoms with Gasteiger partial charge in [0, 0.05) is 6.54 Å². The number of para-hydroxylation sites is 2. The average molecular weight is 410 g/mol. The number of aromatic nitrogens is 2. The summed E-state index contributed by atoms with van der Waals surface area (Å²) in [4.78, 5) is 10.1. The molecule has 0 fully saturated rings. The molecule has 7 nitrogen and oxygen atoms in total. The first kappa shape index (κ1) is 19.0. The molecule has 1 aliphatic rings. The van der Waals surface area contributed by atoms with E-state index in [1.807, 2.05) is 65.6 Å². The highest BCUT2D eigenvalue weighted by Gasteiger charge is 2.29. The molecule has 2 aromatic carbocycles. The van der Waals surface area contributed by atoms with Crippen LogP contribution in [0.1, 0.15) is 22.6 Å². The number of anilines is 2. The van der Waals surface area contributed by atoms with Crippen LogP contribution in [-0.2, 0) is 6.54 Å². The highest BCUT2D eigenvalue weighted by atomic mass is 35.5. The summed E-state index contributed by atoms with van der Waals surface area (Å²) < 4.78 is 0. The summed E-state index contributed by atoms with van der Waals surface area (Å²) in [5.41, 5.74) is 2.56. The Hall–Kier alpha value is -4.38. The summed E-state index contributed by atoms with van der Waals surface area (Å²) >= 11 is 6.24. The van der Waals surface area contributed by atoms with Crippen LogP contribution in [0.2, 0.25) is 5.15 Å². The maximum Gasteiger partial charge on any atom is 0.178 e. The lowest BCUT2D eigenvalue weighted by Crippen LogP contribution is -2.22. The molecule has 0 radical (unpaired) electrons. The van der Waals surface area contributed by atoms with Gasteiger partial charge >= 0.3 is 0 Å². The normalized spacial score (nSPS) is 13.5. The van der Waals surface area contributed by atoms with Crippen LogP contribution in [0.5, 0.6) is 0 Å². The third-order valence-corrected chi connectivity index (χ3v) is 4.82. The van der Waals surface area contributed by atoms with E-state index in [2.05, 4.69) is 21.4 Å². The first-order chi connectivity index (χ1) is 14.7. The Balaban J connectivity index is 1.90. The molecule has 0 atom stereocenters. The summed E-state index contributed by atoms with van der Waals surface area (Å²) in [6, 6.07) is 23.2. The SMILES string of the molecule is N#C/C(=C1/Nc2ccccc2N1Cc1ccccc1)c1nc(C#N)c(C#N)nc1Cl. The van der Waals surface area contributed by atoms with Crippen LogP contribution < -0.4 is 10.2 Å². The smallest absolute Gasteiger partial charge is 0.178 e. The monoisotopic (exact) mass is 409 g/mol. The fraction of sp³-hybridized carbons (Fsp3) is 0.0455. The van der Waals surface area contributed by atoms with Gasteiger partial charge in [-0.15, -0.1) is 0 Å². The molecular weight excluding hydrogens is 398 g/mol. The molecule has 3 aromatic rings. The third-order valence-electron chi connectivity index (χ3n) is 4.55. The number of nitrogens with zero attached hydrogens (tertiary/aromatic N) is 6. The lowest BCUT2D eigenvalue weighted by atomic mass is 10.1. The predicted octanol–water partition coefficient (Wildman–Crippen LogP) is 4.20. The highest BCUT2D eigenvalue weighted by Crippen LogP contribution is 2.40. The molecule has 30 heavy (non-hydrogen) atoms. The maximum absolute atomic E-state index is 9.97. The number of rotatable bonds is 3. The second-order valence-electron chi connectivity index (χ2n) is 6.33. The molecule has 1 aliphatic heterocycles. The zero-order chi connectivity index (χ0) is 21.1. The quantitative estimate of drug-likeness (QED) is 0.645. The summed E-state index contributed by atoms with van der Waals surface area (Å²) in [6.45, 7) is 0.498. The van der Waals surface area contributed by atoms with Crippen molar-refractivity contribution in [2.24, 2.45) is 0 Å². The minimum absolute atomic E-state index is 0.0445. The van der Waals surface area contributed by atoms with E-state index in [9.17, 15) is 10.5 Å². The Bertz CT molecular complexity index is 1290.